The zero-order valence-electron chi connectivity index (χ0n) is 17.9. The van der Waals surface area contributed by atoms with Crippen LogP contribution >= 0.6 is 0 Å². The Kier molecular flexibility index (Phi) is 6.38. The van der Waals surface area contributed by atoms with Crippen molar-refractivity contribution in [1.29, 1.82) is 0 Å². The summed E-state index contributed by atoms with van der Waals surface area (Å²) in [5.74, 6) is -2.53. The highest BCUT2D eigenvalue weighted by Crippen LogP contribution is 2.37. The van der Waals surface area contributed by atoms with E-state index in [1.807, 2.05) is 0 Å². The molecule has 2 aromatic carbocycles. The van der Waals surface area contributed by atoms with Gasteiger partial charge >= 0.3 is 6.18 Å². The molecule has 2 atom stereocenters. The van der Waals surface area contributed by atoms with Crippen molar-refractivity contribution in [1.82, 2.24) is 13.9 Å². The quantitative estimate of drug-likeness (QED) is 0.515. The van der Waals surface area contributed by atoms with E-state index in [4.69, 9.17) is 0 Å². The second-order valence-corrected chi connectivity index (χ2v) is 10.1. The summed E-state index contributed by atoms with van der Waals surface area (Å²) in [7, 11) is -2.27. The third-order valence-corrected chi connectivity index (χ3v) is 7.55. The maximum Gasteiger partial charge on any atom is 0.419 e. The summed E-state index contributed by atoms with van der Waals surface area (Å²) < 4.78 is 95.2. The lowest BCUT2D eigenvalue weighted by atomic mass is 9.89. The smallest absolute Gasteiger partial charge is 0.385 e. The number of halogens is 5. The SMILES string of the molecule is Cn1cnc(S(=O)(=O)N2C[C@@H](CNc3ccc(F)c(C(F)(F)F)c3)[C@H](c3ccc(F)cc3)C2)c1. The lowest BCUT2D eigenvalue weighted by Crippen LogP contribution is -2.30. The Morgan fingerprint density at radius 3 is 2.41 bits per heavy atom. The fraction of sp³-hybridized carbons (Fsp3) is 0.318. The van der Waals surface area contributed by atoms with Crippen LogP contribution in [0.2, 0.25) is 0 Å². The molecule has 3 aromatic rings. The minimum absolute atomic E-state index is 0.0533. The lowest BCUT2D eigenvalue weighted by molar-refractivity contribution is -0.139. The van der Waals surface area contributed by atoms with Gasteiger partial charge in [0.25, 0.3) is 10.0 Å². The van der Waals surface area contributed by atoms with Gasteiger partial charge in [-0.1, -0.05) is 12.1 Å². The van der Waals surface area contributed by atoms with Gasteiger partial charge in [0.1, 0.15) is 11.6 Å². The van der Waals surface area contributed by atoms with Gasteiger partial charge in [0.2, 0.25) is 0 Å². The Balaban J connectivity index is 1.59. The first kappa shape index (κ1) is 24.1. The molecule has 0 bridgehead atoms. The van der Waals surface area contributed by atoms with Crippen LogP contribution in [0, 0.1) is 17.6 Å². The fourth-order valence-electron chi connectivity index (χ4n) is 4.08. The molecule has 0 unspecified atom stereocenters. The molecule has 182 valence electrons. The van der Waals surface area contributed by atoms with Crippen LogP contribution in [-0.4, -0.2) is 41.9 Å². The third-order valence-electron chi connectivity index (χ3n) is 5.83. The van der Waals surface area contributed by atoms with Crippen LogP contribution in [0.15, 0.2) is 60.0 Å². The van der Waals surface area contributed by atoms with Gasteiger partial charge in [-0.3, -0.25) is 0 Å². The molecular weight excluding hydrogens is 479 g/mol. The van der Waals surface area contributed by atoms with Crippen molar-refractivity contribution in [2.24, 2.45) is 13.0 Å². The van der Waals surface area contributed by atoms with Crippen molar-refractivity contribution >= 4 is 15.7 Å². The van der Waals surface area contributed by atoms with E-state index in [1.54, 1.807) is 19.2 Å². The summed E-state index contributed by atoms with van der Waals surface area (Å²) in [6, 6.07) is 8.26. The first-order valence-electron chi connectivity index (χ1n) is 10.3. The molecule has 1 saturated heterocycles. The van der Waals surface area contributed by atoms with Gasteiger partial charge < -0.3 is 9.88 Å². The molecular formula is C22H21F5N4O2S. The lowest BCUT2D eigenvalue weighted by Gasteiger charge is -2.20. The summed E-state index contributed by atoms with van der Waals surface area (Å²) in [5.41, 5.74) is -0.641. The maximum absolute atomic E-state index is 13.6. The summed E-state index contributed by atoms with van der Waals surface area (Å²) >= 11 is 0. The largest absolute Gasteiger partial charge is 0.419 e. The van der Waals surface area contributed by atoms with Crippen molar-refractivity contribution in [3.8, 4) is 0 Å². The molecule has 1 N–H and O–H groups in total. The molecule has 0 saturated carbocycles. The predicted octanol–water partition coefficient (Wildman–Crippen LogP) is 4.23. The molecule has 1 aliphatic heterocycles. The number of hydrogen-bond donors (Lipinski definition) is 1. The van der Waals surface area contributed by atoms with E-state index in [1.165, 1.54) is 39.6 Å². The van der Waals surface area contributed by atoms with E-state index in [-0.39, 0.29) is 42.2 Å². The van der Waals surface area contributed by atoms with Crippen molar-refractivity contribution in [3.63, 3.8) is 0 Å². The highest BCUT2D eigenvalue weighted by molar-refractivity contribution is 7.89. The Morgan fingerprint density at radius 1 is 1.09 bits per heavy atom. The zero-order chi connectivity index (χ0) is 24.7. The van der Waals surface area contributed by atoms with Crippen LogP contribution in [0.3, 0.4) is 0 Å². The Hall–Kier alpha value is -2.99. The second kappa shape index (κ2) is 8.99. The van der Waals surface area contributed by atoms with E-state index in [0.29, 0.717) is 11.6 Å². The first-order chi connectivity index (χ1) is 15.9. The Bertz CT molecular complexity index is 1280. The van der Waals surface area contributed by atoms with Crippen molar-refractivity contribution in [2.45, 2.75) is 17.1 Å². The number of benzene rings is 2. The Morgan fingerprint density at radius 2 is 1.79 bits per heavy atom. The van der Waals surface area contributed by atoms with Crippen LogP contribution in [0.4, 0.5) is 27.6 Å². The number of anilines is 1. The summed E-state index contributed by atoms with van der Waals surface area (Å²) in [5, 5.41) is 2.76. The van der Waals surface area contributed by atoms with E-state index >= 15 is 0 Å². The van der Waals surface area contributed by atoms with Crippen LogP contribution in [0.5, 0.6) is 0 Å². The highest BCUT2D eigenvalue weighted by atomic mass is 32.2. The van der Waals surface area contributed by atoms with Crippen molar-refractivity contribution in [2.75, 3.05) is 25.0 Å². The number of rotatable bonds is 6. The topological polar surface area (TPSA) is 67.2 Å². The summed E-state index contributed by atoms with van der Waals surface area (Å²) in [6.07, 6.45) is -2.10. The summed E-state index contributed by atoms with van der Waals surface area (Å²) in [4.78, 5) is 3.93. The molecule has 0 spiro atoms. The number of nitrogens with one attached hydrogen (secondary N) is 1. The molecule has 1 aliphatic rings. The molecule has 0 aliphatic carbocycles. The molecule has 0 radical (unpaired) electrons. The molecule has 2 heterocycles. The number of aryl methyl sites for hydroxylation is 1. The Labute approximate surface area is 193 Å². The minimum Gasteiger partial charge on any atom is -0.385 e. The fourth-order valence-corrected chi connectivity index (χ4v) is 5.57. The average Bonchev–Trinajstić information content (AvgIpc) is 3.40. The van der Waals surface area contributed by atoms with Gasteiger partial charge in [-0.05, 0) is 41.8 Å². The maximum atomic E-state index is 13.6. The second-order valence-electron chi connectivity index (χ2n) is 8.19. The van der Waals surface area contributed by atoms with Gasteiger partial charge in [0, 0.05) is 44.5 Å². The van der Waals surface area contributed by atoms with Gasteiger partial charge in [0.05, 0.1) is 11.9 Å². The van der Waals surface area contributed by atoms with E-state index < -0.39 is 33.4 Å². The van der Waals surface area contributed by atoms with Gasteiger partial charge in [-0.25, -0.2) is 22.2 Å². The summed E-state index contributed by atoms with van der Waals surface area (Å²) in [6.45, 7) is 0.272. The number of aromatic nitrogens is 2. The third kappa shape index (κ3) is 4.92. The number of nitrogens with zero attached hydrogens (tertiary/aromatic N) is 3. The average molecular weight is 500 g/mol. The van der Waals surface area contributed by atoms with E-state index in [9.17, 15) is 30.4 Å². The number of sulfonamides is 1. The van der Waals surface area contributed by atoms with Gasteiger partial charge in [-0.2, -0.15) is 17.5 Å². The van der Waals surface area contributed by atoms with Gasteiger partial charge in [-0.15, -0.1) is 0 Å². The minimum atomic E-state index is -4.85. The van der Waals surface area contributed by atoms with Crippen LogP contribution < -0.4 is 5.32 Å². The molecule has 1 aromatic heterocycles. The van der Waals surface area contributed by atoms with Crippen molar-refractivity contribution < 1.29 is 30.4 Å². The number of hydrogen-bond acceptors (Lipinski definition) is 4. The molecule has 12 heteroatoms. The van der Waals surface area contributed by atoms with Crippen LogP contribution in [0.1, 0.15) is 17.0 Å². The number of alkyl halides is 3. The standard InChI is InChI=1S/C22H21F5N4O2S/c1-30-12-21(29-13-30)34(32,33)31-10-15(18(11-31)14-2-4-16(23)5-3-14)9-28-17-6-7-20(24)19(8-17)22(25,26)27/h2-8,12-13,15,18,28H,9-11H2,1H3/t15-,18+/m1/s1. The molecule has 1 fully saturated rings. The molecule has 0 amide bonds. The van der Waals surface area contributed by atoms with E-state index in [2.05, 4.69) is 10.3 Å². The predicted molar refractivity (Wildman–Crippen MR) is 114 cm³/mol. The van der Waals surface area contributed by atoms with Crippen molar-refractivity contribution in [3.05, 3.63) is 77.8 Å². The highest BCUT2D eigenvalue weighted by Gasteiger charge is 2.41. The zero-order valence-corrected chi connectivity index (χ0v) is 18.7. The van der Waals surface area contributed by atoms with Crippen LogP contribution in [0.25, 0.3) is 0 Å². The number of imidazole rings is 1. The van der Waals surface area contributed by atoms with Gasteiger partial charge in [0.15, 0.2) is 5.03 Å². The molecule has 34 heavy (non-hydrogen) atoms. The monoisotopic (exact) mass is 500 g/mol. The first-order valence-corrected chi connectivity index (χ1v) is 11.7. The van der Waals surface area contributed by atoms with Crippen LogP contribution in [-0.2, 0) is 23.2 Å². The van der Waals surface area contributed by atoms with E-state index in [0.717, 1.165) is 6.07 Å². The molecule has 4 rings (SSSR count). The normalized spacial score (nSPS) is 19.5. The molecule has 6 nitrogen and oxygen atoms in total.